The largest absolute Gasteiger partial charge is 0.342 e. The highest BCUT2D eigenvalue weighted by atomic mass is 32.1. The highest BCUT2D eigenvalue weighted by Gasteiger charge is 2.46. The zero-order chi connectivity index (χ0) is 20.0. The average molecular weight is 414 g/mol. The third-order valence-corrected chi connectivity index (χ3v) is 7.59. The van der Waals surface area contributed by atoms with Gasteiger partial charge in [-0.1, -0.05) is 30.2 Å². The van der Waals surface area contributed by atoms with E-state index in [2.05, 4.69) is 21.2 Å². The summed E-state index contributed by atoms with van der Waals surface area (Å²) in [5.41, 5.74) is 1.55. The number of carbonyl (C=O) groups excluding carboxylic acids is 1. The molecule has 3 saturated heterocycles. The number of amides is 1. The molecule has 3 heterocycles. The molecule has 0 aromatic heterocycles. The maximum Gasteiger partial charge on any atom is 0.260 e. The molecule has 1 aromatic rings. The van der Waals surface area contributed by atoms with Crippen LogP contribution in [0.3, 0.4) is 0 Å². The number of fused-ring (bicyclic) bond motifs is 6. The second-order valence-electron chi connectivity index (χ2n) is 8.94. The number of thiocarbonyl (C=S) groups is 1. The summed E-state index contributed by atoms with van der Waals surface area (Å²) in [6, 6.07) is 7.05. The van der Waals surface area contributed by atoms with Gasteiger partial charge in [-0.25, -0.2) is 4.39 Å². The van der Waals surface area contributed by atoms with Crippen LogP contribution in [0.25, 0.3) is 0 Å². The van der Waals surface area contributed by atoms with Crippen LogP contribution in [0, 0.1) is 17.7 Å². The van der Waals surface area contributed by atoms with Gasteiger partial charge in [0.2, 0.25) is 0 Å². The minimum absolute atomic E-state index is 0.0418. The maximum absolute atomic E-state index is 14.0. The molecule has 29 heavy (non-hydrogen) atoms. The summed E-state index contributed by atoms with van der Waals surface area (Å²) in [5, 5.41) is 3.25. The van der Waals surface area contributed by atoms with E-state index >= 15 is 0 Å². The van der Waals surface area contributed by atoms with E-state index in [9.17, 15) is 9.18 Å². The van der Waals surface area contributed by atoms with Gasteiger partial charge in [0.05, 0.1) is 11.6 Å². The number of hydrogen-bond donors (Lipinski definition) is 1. The standard InChI is InChI=1S/C23H28FN3OS/c24-19-8-2-1-7-18(19)22(28)25-23(29)27-11-5-6-15-12-16-13-17(21(15)27)14-26-10-4-3-9-20(16)26/h1-2,7-8,12,16-17,20-21H,3-6,9-11,13-14H2,(H,25,28,29). The van der Waals surface area contributed by atoms with Crippen molar-refractivity contribution in [3.8, 4) is 0 Å². The zero-order valence-corrected chi connectivity index (χ0v) is 17.5. The first-order valence-electron chi connectivity index (χ1n) is 10.9. The lowest BCUT2D eigenvalue weighted by atomic mass is 9.68. The van der Waals surface area contributed by atoms with Crippen LogP contribution in [0.4, 0.5) is 4.39 Å². The lowest BCUT2D eigenvalue weighted by Crippen LogP contribution is -2.61. The van der Waals surface area contributed by atoms with Crippen LogP contribution < -0.4 is 5.32 Å². The van der Waals surface area contributed by atoms with Crippen LogP contribution in [-0.4, -0.2) is 52.5 Å². The fourth-order valence-corrected chi connectivity index (χ4v) is 6.38. The Morgan fingerprint density at radius 1 is 1.17 bits per heavy atom. The molecule has 6 heteroatoms. The number of carbonyl (C=O) groups is 1. The molecule has 0 radical (unpaired) electrons. The summed E-state index contributed by atoms with van der Waals surface area (Å²) in [6.45, 7) is 3.19. The van der Waals surface area contributed by atoms with Crippen LogP contribution in [0.5, 0.6) is 0 Å². The van der Waals surface area contributed by atoms with E-state index in [1.54, 1.807) is 12.1 Å². The topological polar surface area (TPSA) is 35.6 Å². The fraction of sp³-hybridized carbons (Fsp3) is 0.565. The van der Waals surface area contributed by atoms with Crippen LogP contribution in [-0.2, 0) is 0 Å². The zero-order valence-electron chi connectivity index (χ0n) is 16.6. The number of hydrogen-bond acceptors (Lipinski definition) is 3. The molecule has 1 aromatic carbocycles. The SMILES string of the molecule is O=C(NC(=S)N1CCCC2=CC3CC(CN4CCCCC34)C21)c1ccccc1F. The van der Waals surface area contributed by atoms with Gasteiger partial charge >= 0.3 is 0 Å². The summed E-state index contributed by atoms with van der Waals surface area (Å²) in [5.74, 6) is 0.244. The molecular formula is C23H28FN3OS. The summed E-state index contributed by atoms with van der Waals surface area (Å²) < 4.78 is 14.0. The van der Waals surface area contributed by atoms with Gasteiger partial charge in [-0.2, -0.15) is 0 Å². The molecule has 1 N–H and O–H groups in total. The summed E-state index contributed by atoms with van der Waals surface area (Å²) in [7, 11) is 0. The minimum atomic E-state index is -0.518. The molecule has 5 rings (SSSR count). The molecule has 1 aliphatic carbocycles. The summed E-state index contributed by atoms with van der Waals surface area (Å²) in [6.07, 6.45) is 9.92. The first kappa shape index (κ1) is 19.2. The Kier molecular flexibility index (Phi) is 5.16. The van der Waals surface area contributed by atoms with Gasteiger partial charge in [-0.05, 0) is 74.8 Å². The van der Waals surface area contributed by atoms with Crippen LogP contribution in [0.15, 0.2) is 35.9 Å². The van der Waals surface area contributed by atoms with E-state index in [1.807, 2.05) is 0 Å². The van der Waals surface area contributed by atoms with Crippen LogP contribution >= 0.6 is 12.2 Å². The fourth-order valence-electron chi connectivity index (χ4n) is 6.08. The van der Waals surface area contributed by atoms with Crippen molar-refractivity contribution >= 4 is 23.2 Å². The first-order chi connectivity index (χ1) is 14.1. The third kappa shape index (κ3) is 3.50. The van der Waals surface area contributed by atoms with E-state index in [0.29, 0.717) is 16.9 Å². The van der Waals surface area contributed by atoms with Gasteiger partial charge in [-0.15, -0.1) is 0 Å². The molecule has 4 nitrogen and oxygen atoms in total. The predicted molar refractivity (Wildman–Crippen MR) is 115 cm³/mol. The Labute approximate surface area is 177 Å². The van der Waals surface area contributed by atoms with Gasteiger partial charge < -0.3 is 4.90 Å². The van der Waals surface area contributed by atoms with Gasteiger partial charge in [0.25, 0.3) is 5.91 Å². The number of nitrogens with one attached hydrogen (secondary N) is 1. The Hall–Kier alpha value is -1.79. The third-order valence-electron chi connectivity index (χ3n) is 7.26. The minimum Gasteiger partial charge on any atom is -0.342 e. The van der Waals surface area contributed by atoms with E-state index < -0.39 is 11.7 Å². The molecule has 4 unspecified atom stereocenters. The number of nitrogens with zero attached hydrogens (tertiary/aromatic N) is 2. The Morgan fingerprint density at radius 3 is 2.90 bits per heavy atom. The van der Waals surface area contributed by atoms with Crippen molar-refractivity contribution in [3.05, 3.63) is 47.3 Å². The lowest BCUT2D eigenvalue weighted by Gasteiger charge is -2.55. The molecule has 3 fully saturated rings. The maximum atomic E-state index is 14.0. The molecule has 3 aliphatic heterocycles. The van der Waals surface area contributed by atoms with Crippen molar-refractivity contribution in [1.82, 2.24) is 15.1 Å². The highest BCUT2D eigenvalue weighted by Crippen LogP contribution is 2.45. The molecule has 4 atom stereocenters. The highest BCUT2D eigenvalue weighted by molar-refractivity contribution is 7.80. The van der Waals surface area contributed by atoms with Gasteiger partial charge in [0.1, 0.15) is 5.82 Å². The normalized spacial score (nSPS) is 31.3. The Balaban J connectivity index is 1.36. The van der Waals surface area contributed by atoms with Gasteiger partial charge in [0.15, 0.2) is 5.11 Å². The molecule has 4 aliphatic rings. The Morgan fingerprint density at radius 2 is 2.03 bits per heavy atom. The van der Waals surface area contributed by atoms with Crippen molar-refractivity contribution in [2.45, 2.75) is 50.6 Å². The van der Waals surface area contributed by atoms with Gasteiger partial charge in [-0.3, -0.25) is 15.0 Å². The van der Waals surface area contributed by atoms with Crippen molar-refractivity contribution in [2.75, 3.05) is 19.6 Å². The van der Waals surface area contributed by atoms with E-state index in [1.165, 1.54) is 49.9 Å². The second kappa shape index (κ2) is 7.80. The first-order valence-corrected chi connectivity index (χ1v) is 11.3. The predicted octanol–water partition coefficient (Wildman–Crippen LogP) is 3.74. The van der Waals surface area contributed by atoms with Crippen molar-refractivity contribution < 1.29 is 9.18 Å². The average Bonchev–Trinajstić information content (AvgIpc) is 2.73. The molecule has 1 amide bonds. The molecule has 154 valence electrons. The quantitative estimate of drug-likeness (QED) is 0.562. The van der Waals surface area contributed by atoms with E-state index in [0.717, 1.165) is 32.0 Å². The molecule has 0 saturated carbocycles. The number of likely N-dealkylation sites (tertiary alicyclic amines) is 1. The van der Waals surface area contributed by atoms with Gasteiger partial charge in [0, 0.05) is 19.1 Å². The number of halogens is 1. The second-order valence-corrected chi connectivity index (χ2v) is 9.33. The molecule has 2 bridgehead atoms. The van der Waals surface area contributed by atoms with Crippen molar-refractivity contribution in [2.24, 2.45) is 11.8 Å². The monoisotopic (exact) mass is 413 g/mol. The molecule has 0 spiro atoms. The van der Waals surface area contributed by atoms with E-state index in [-0.39, 0.29) is 11.6 Å². The van der Waals surface area contributed by atoms with Crippen molar-refractivity contribution in [3.63, 3.8) is 0 Å². The Bertz CT molecular complexity index is 856. The van der Waals surface area contributed by atoms with Crippen molar-refractivity contribution in [1.29, 1.82) is 0 Å². The molecular weight excluding hydrogens is 385 g/mol. The van der Waals surface area contributed by atoms with Crippen LogP contribution in [0.2, 0.25) is 0 Å². The number of piperidine rings is 3. The summed E-state index contributed by atoms with van der Waals surface area (Å²) >= 11 is 5.66. The summed E-state index contributed by atoms with van der Waals surface area (Å²) in [4.78, 5) is 17.5. The van der Waals surface area contributed by atoms with Crippen LogP contribution in [0.1, 0.15) is 48.9 Å². The number of benzene rings is 1. The number of rotatable bonds is 1. The van der Waals surface area contributed by atoms with E-state index in [4.69, 9.17) is 12.2 Å². The smallest absolute Gasteiger partial charge is 0.260 e. The lowest BCUT2D eigenvalue weighted by molar-refractivity contribution is 0.0127.